The van der Waals surface area contributed by atoms with Crippen LogP contribution in [0.5, 0.6) is 0 Å². The third-order valence-corrected chi connectivity index (χ3v) is 7.05. The molecule has 0 spiro atoms. The summed E-state index contributed by atoms with van der Waals surface area (Å²) in [7, 11) is 0. The summed E-state index contributed by atoms with van der Waals surface area (Å²) in [5.74, 6) is 0.465. The quantitative estimate of drug-likeness (QED) is 0.660. The lowest BCUT2D eigenvalue weighted by molar-refractivity contribution is 0.0941. The molecular formula is C23H30N4O2S. The summed E-state index contributed by atoms with van der Waals surface area (Å²) in [5.41, 5.74) is 8.73. The molecule has 4 N–H and O–H groups in total. The van der Waals surface area contributed by atoms with Gasteiger partial charge in [0.15, 0.2) is 0 Å². The van der Waals surface area contributed by atoms with Crippen LogP contribution in [-0.2, 0) is 0 Å². The lowest BCUT2D eigenvalue weighted by Crippen LogP contribution is -2.44. The highest BCUT2D eigenvalue weighted by atomic mass is 32.2. The first-order valence-corrected chi connectivity index (χ1v) is 11.4. The molecule has 0 saturated carbocycles. The van der Waals surface area contributed by atoms with Gasteiger partial charge in [0.2, 0.25) is 0 Å². The van der Waals surface area contributed by atoms with Crippen LogP contribution in [-0.4, -0.2) is 54.9 Å². The Morgan fingerprint density at radius 2 is 1.90 bits per heavy atom. The van der Waals surface area contributed by atoms with E-state index in [0.29, 0.717) is 25.6 Å². The van der Waals surface area contributed by atoms with Gasteiger partial charge in [0, 0.05) is 22.9 Å². The molecule has 1 saturated heterocycles. The van der Waals surface area contributed by atoms with Gasteiger partial charge >= 0.3 is 6.03 Å². The number of aliphatic hydroxyl groups excluding tert-OH is 1. The van der Waals surface area contributed by atoms with E-state index in [9.17, 15) is 9.90 Å². The number of likely N-dealkylation sites (tertiary alicyclic amines) is 1. The molecule has 2 aliphatic heterocycles. The fourth-order valence-corrected chi connectivity index (χ4v) is 5.40. The summed E-state index contributed by atoms with van der Waals surface area (Å²) in [6, 6.07) is 14.5. The summed E-state index contributed by atoms with van der Waals surface area (Å²) in [6.07, 6.45) is 1.57. The van der Waals surface area contributed by atoms with E-state index in [1.807, 2.05) is 0 Å². The Hall–Kier alpha value is -2.22. The van der Waals surface area contributed by atoms with Crippen molar-refractivity contribution in [2.75, 3.05) is 37.6 Å². The number of carbonyl (C=O) groups is 1. The van der Waals surface area contributed by atoms with Crippen molar-refractivity contribution in [1.29, 1.82) is 0 Å². The Bertz CT molecular complexity index is 899. The summed E-state index contributed by atoms with van der Waals surface area (Å²) in [4.78, 5) is 17.9. The normalized spacial score (nSPS) is 17.9. The number of amides is 2. The van der Waals surface area contributed by atoms with Crippen LogP contribution < -0.4 is 16.0 Å². The molecule has 2 heterocycles. The number of fused-ring (bicyclic) bond motifs is 2. The number of aliphatic hydroxyl groups is 1. The van der Waals surface area contributed by atoms with Crippen LogP contribution in [0.15, 0.2) is 52.3 Å². The number of nitrogens with one attached hydrogen (secondary N) is 1. The van der Waals surface area contributed by atoms with Crippen LogP contribution in [0.25, 0.3) is 0 Å². The number of carbonyl (C=O) groups excluding carboxylic acids is 1. The maximum Gasteiger partial charge on any atom is 0.312 e. The van der Waals surface area contributed by atoms with E-state index >= 15 is 0 Å². The van der Waals surface area contributed by atoms with E-state index in [1.54, 1.807) is 11.8 Å². The largest absolute Gasteiger partial charge is 0.390 e. The predicted octanol–water partition coefficient (Wildman–Crippen LogP) is 3.34. The number of rotatable bonds is 6. The van der Waals surface area contributed by atoms with E-state index in [2.05, 4.69) is 64.5 Å². The zero-order valence-corrected chi connectivity index (χ0v) is 18.2. The topological polar surface area (TPSA) is 81.8 Å². The van der Waals surface area contributed by atoms with E-state index in [0.717, 1.165) is 31.6 Å². The molecule has 2 amide bonds. The van der Waals surface area contributed by atoms with Gasteiger partial charge in [0.1, 0.15) is 0 Å². The minimum absolute atomic E-state index is 0.449. The first-order chi connectivity index (χ1) is 14.5. The lowest BCUT2D eigenvalue weighted by atomic mass is 9.96. The predicted molar refractivity (Wildman–Crippen MR) is 122 cm³/mol. The summed E-state index contributed by atoms with van der Waals surface area (Å²) < 4.78 is 0. The zero-order valence-electron chi connectivity index (χ0n) is 17.4. The number of nitrogens with zero attached hydrogens (tertiary/aromatic N) is 2. The van der Waals surface area contributed by atoms with Gasteiger partial charge in [-0.15, -0.1) is 0 Å². The number of primary amides is 1. The molecule has 0 radical (unpaired) electrons. The van der Waals surface area contributed by atoms with E-state index in [4.69, 9.17) is 5.73 Å². The smallest absolute Gasteiger partial charge is 0.312 e. The Morgan fingerprint density at radius 3 is 2.67 bits per heavy atom. The molecule has 1 fully saturated rings. The molecule has 2 aromatic carbocycles. The van der Waals surface area contributed by atoms with Crippen LogP contribution in [0.4, 0.5) is 16.2 Å². The number of hydrogen-bond acceptors (Lipinski definition) is 5. The molecule has 0 aliphatic carbocycles. The van der Waals surface area contributed by atoms with Gasteiger partial charge < -0.3 is 26.0 Å². The second kappa shape index (κ2) is 9.29. The highest BCUT2D eigenvalue weighted by Crippen LogP contribution is 2.48. The van der Waals surface area contributed by atoms with Crippen LogP contribution >= 0.6 is 11.8 Å². The Labute approximate surface area is 182 Å². The number of para-hydroxylation sites is 1. The number of anilines is 2. The first-order valence-electron chi connectivity index (χ1n) is 10.6. The number of piperidine rings is 1. The Balaban J connectivity index is 1.40. The third kappa shape index (κ3) is 4.91. The highest BCUT2D eigenvalue weighted by Gasteiger charge is 2.27. The minimum atomic E-state index is -0.455. The molecule has 160 valence electrons. The van der Waals surface area contributed by atoms with E-state index in [-0.39, 0.29) is 0 Å². The first kappa shape index (κ1) is 21.0. The van der Waals surface area contributed by atoms with Gasteiger partial charge in [-0.2, -0.15) is 0 Å². The van der Waals surface area contributed by atoms with Crippen molar-refractivity contribution in [3.05, 3.63) is 48.0 Å². The van der Waals surface area contributed by atoms with Crippen molar-refractivity contribution < 1.29 is 9.90 Å². The molecule has 30 heavy (non-hydrogen) atoms. The zero-order chi connectivity index (χ0) is 21.1. The van der Waals surface area contributed by atoms with Gasteiger partial charge in [-0.05, 0) is 68.6 Å². The third-order valence-electron chi connectivity index (χ3n) is 5.92. The lowest BCUT2D eigenvalue weighted by Gasteiger charge is -2.37. The van der Waals surface area contributed by atoms with Crippen molar-refractivity contribution >= 4 is 29.2 Å². The average Bonchev–Trinajstić information content (AvgIpc) is 2.73. The van der Waals surface area contributed by atoms with Gasteiger partial charge in [-0.25, -0.2) is 4.79 Å². The molecule has 4 rings (SSSR count). The minimum Gasteiger partial charge on any atom is -0.390 e. The van der Waals surface area contributed by atoms with Crippen molar-refractivity contribution in [3.8, 4) is 0 Å². The molecule has 2 aliphatic rings. The fourth-order valence-electron chi connectivity index (χ4n) is 4.32. The summed E-state index contributed by atoms with van der Waals surface area (Å²) >= 11 is 1.79. The average molecular weight is 427 g/mol. The van der Waals surface area contributed by atoms with Crippen molar-refractivity contribution in [1.82, 2.24) is 10.2 Å². The van der Waals surface area contributed by atoms with Gasteiger partial charge in [0.25, 0.3) is 0 Å². The van der Waals surface area contributed by atoms with Gasteiger partial charge in [-0.3, -0.25) is 0 Å². The van der Waals surface area contributed by atoms with Crippen LogP contribution in [0.3, 0.4) is 0 Å². The second-order valence-corrected chi connectivity index (χ2v) is 9.38. The molecule has 7 heteroatoms. The molecule has 2 aromatic rings. The van der Waals surface area contributed by atoms with Crippen LogP contribution in [0.1, 0.15) is 18.4 Å². The molecule has 0 bridgehead atoms. The monoisotopic (exact) mass is 426 g/mol. The number of nitrogens with two attached hydrogens (primary N) is 1. The van der Waals surface area contributed by atoms with Crippen LogP contribution in [0.2, 0.25) is 0 Å². The summed E-state index contributed by atoms with van der Waals surface area (Å²) in [6.45, 7) is 5.84. The fraction of sp³-hybridized carbons (Fsp3) is 0.435. The number of benzene rings is 2. The second-order valence-electron chi connectivity index (χ2n) is 8.29. The SMILES string of the molecule is Cc1ccc2c(c1)N(CC(O)CN1CCC(CNC(N)=O)CC1)c1ccccc1S2. The van der Waals surface area contributed by atoms with Crippen molar-refractivity contribution in [2.45, 2.75) is 35.7 Å². The number of hydrogen-bond donors (Lipinski definition) is 3. The molecule has 1 atom stereocenters. The van der Waals surface area contributed by atoms with Crippen molar-refractivity contribution in [3.63, 3.8) is 0 Å². The van der Waals surface area contributed by atoms with E-state index in [1.165, 1.54) is 21.0 Å². The van der Waals surface area contributed by atoms with Crippen molar-refractivity contribution in [2.24, 2.45) is 11.7 Å². The highest BCUT2D eigenvalue weighted by molar-refractivity contribution is 7.99. The number of β-amino-alcohol motifs (C(OH)–C–C–N with tert-alkyl or cyclic N) is 1. The molecule has 6 nitrogen and oxygen atoms in total. The molecule has 1 unspecified atom stereocenters. The summed E-state index contributed by atoms with van der Waals surface area (Å²) in [5, 5.41) is 13.7. The maximum absolute atomic E-state index is 11.0. The maximum atomic E-state index is 11.0. The molecular weight excluding hydrogens is 396 g/mol. The Kier molecular flexibility index (Phi) is 6.51. The standard InChI is InChI=1S/C23H30N4O2S/c1-16-6-7-22-20(12-16)27(19-4-2-3-5-21(19)30-22)15-18(28)14-26-10-8-17(9-11-26)13-25-23(24)29/h2-7,12,17-18,28H,8-11,13-15H2,1H3,(H3,24,25,29). The van der Waals surface area contributed by atoms with Crippen LogP contribution in [0, 0.1) is 12.8 Å². The number of aryl methyl sites for hydroxylation is 1. The number of urea groups is 1. The van der Waals surface area contributed by atoms with Gasteiger partial charge in [-0.1, -0.05) is 30.0 Å². The van der Waals surface area contributed by atoms with Gasteiger partial charge in [0.05, 0.1) is 24.0 Å². The molecule has 0 aromatic heterocycles. The van der Waals surface area contributed by atoms with E-state index < -0.39 is 12.1 Å². The Morgan fingerprint density at radius 1 is 1.17 bits per heavy atom.